The van der Waals surface area contributed by atoms with Gasteiger partial charge in [0, 0.05) is 19.4 Å². The summed E-state index contributed by atoms with van der Waals surface area (Å²) < 4.78 is 4.92. The summed E-state index contributed by atoms with van der Waals surface area (Å²) in [4.78, 5) is 4.32. The van der Waals surface area contributed by atoms with E-state index in [9.17, 15) is 0 Å². The summed E-state index contributed by atoms with van der Waals surface area (Å²) in [6.07, 6.45) is 1.07. The van der Waals surface area contributed by atoms with Crippen molar-refractivity contribution >= 4 is 15.5 Å². The van der Waals surface area contributed by atoms with Crippen molar-refractivity contribution in [1.82, 2.24) is 0 Å². The van der Waals surface area contributed by atoms with Crippen LogP contribution in [0.15, 0.2) is 4.99 Å². The Morgan fingerprint density at radius 3 is 2.80 bits per heavy atom. The molecule has 0 rings (SSSR count). The lowest BCUT2D eigenvalue weighted by Crippen LogP contribution is -1.97. The van der Waals surface area contributed by atoms with Crippen molar-refractivity contribution in [3.63, 3.8) is 0 Å². The van der Waals surface area contributed by atoms with E-state index >= 15 is 0 Å². The standard InChI is InChI=1S/C7H15NOSi/c1-4-7(2)8-5-6-10-9-3/h4-6H2,1-3H3. The van der Waals surface area contributed by atoms with Gasteiger partial charge in [-0.2, -0.15) is 0 Å². The molecule has 0 aliphatic rings. The Balaban J connectivity index is 3.16. The van der Waals surface area contributed by atoms with Crippen molar-refractivity contribution in [2.75, 3.05) is 13.7 Å². The molecule has 0 N–H and O–H groups in total. The third-order valence-electron chi connectivity index (χ3n) is 1.25. The van der Waals surface area contributed by atoms with Gasteiger partial charge in [0.1, 0.15) is 0 Å². The molecule has 3 heteroatoms. The highest BCUT2D eigenvalue weighted by Crippen LogP contribution is 1.87. The van der Waals surface area contributed by atoms with E-state index in [1.54, 1.807) is 7.11 Å². The minimum absolute atomic E-state index is 0.609. The van der Waals surface area contributed by atoms with E-state index in [2.05, 4.69) is 18.8 Å². The highest BCUT2D eigenvalue weighted by atomic mass is 28.2. The van der Waals surface area contributed by atoms with Gasteiger partial charge in [-0.3, -0.25) is 4.99 Å². The van der Waals surface area contributed by atoms with Gasteiger partial charge in [0.25, 0.3) is 0 Å². The average molecular weight is 157 g/mol. The fourth-order valence-electron chi connectivity index (χ4n) is 0.506. The van der Waals surface area contributed by atoms with Crippen LogP contribution < -0.4 is 0 Å². The highest BCUT2D eigenvalue weighted by molar-refractivity contribution is 6.27. The molecule has 0 unspecified atom stereocenters. The van der Waals surface area contributed by atoms with Crippen LogP contribution in [-0.4, -0.2) is 29.1 Å². The van der Waals surface area contributed by atoms with Crippen molar-refractivity contribution in [1.29, 1.82) is 0 Å². The monoisotopic (exact) mass is 157 g/mol. The maximum absolute atomic E-state index is 4.92. The average Bonchev–Trinajstić information content (AvgIpc) is 1.98. The first-order valence-corrected chi connectivity index (χ1v) is 4.68. The second-order valence-electron chi connectivity index (χ2n) is 2.07. The van der Waals surface area contributed by atoms with Crippen molar-refractivity contribution in [2.24, 2.45) is 4.99 Å². The van der Waals surface area contributed by atoms with E-state index in [0.29, 0.717) is 9.76 Å². The maximum Gasteiger partial charge on any atom is 0.230 e. The zero-order valence-electron chi connectivity index (χ0n) is 6.98. The fraction of sp³-hybridized carbons (Fsp3) is 0.857. The first-order chi connectivity index (χ1) is 4.81. The van der Waals surface area contributed by atoms with Gasteiger partial charge in [0.15, 0.2) is 0 Å². The van der Waals surface area contributed by atoms with E-state index in [0.717, 1.165) is 19.0 Å². The Labute approximate surface area is 65.6 Å². The van der Waals surface area contributed by atoms with Crippen LogP contribution >= 0.6 is 0 Å². The number of rotatable bonds is 5. The molecule has 2 radical (unpaired) electrons. The molecule has 0 aromatic rings. The lowest BCUT2D eigenvalue weighted by Gasteiger charge is -1.94. The predicted octanol–water partition coefficient (Wildman–Crippen LogP) is 1.54. The van der Waals surface area contributed by atoms with Gasteiger partial charge >= 0.3 is 0 Å². The lowest BCUT2D eigenvalue weighted by atomic mass is 10.3. The van der Waals surface area contributed by atoms with Gasteiger partial charge in [-0.25, -0.2) is 0 Å². The molecule has 0 aromatic carbocycles. The Kier molecular flexibility index (Phi) is 6.85. The molecule has 0 saturated heterocycles. The molecule has 0 heterocycles. The summed E-state index contributed by atoms with van der Waals surface area (Å²) in [6, 6.07) is 1.06. The number of hydrogen-bond acceptors (Lipinski definition) is 2. The van der Waals surface area contributed by atoms with Gasteiger partial charge in [-0.05, 0) is 19.4 Å². The van der Waals surface area contributed by atoms with Gasteiger partial charge in [0.2, 0.25) is 9.76 Å². The zero-order valence-corrected chi connectivity index (χ0v) is 7.98. The Morgan fingerprint density at radius 2 is 2.30 bits per heavy atom. The van der Waals surface area contributed by atoms with Crippen LogP contribution in [0.2, 0.25) is 6.04 Å². The summed E-state index contributed by atoms with van der Waals surface area (Å²) >= 11 is 0. The molecule has 0 aromatic heterocycles. The van der Waals surface area contributed by atoms with Crippen LogP contribution in [0.25, 0.3) is 0 Å². The molecular formula is C7H15NOSi. The Hall–Kier alpha value is -0.153. The summed E-state index contributed by atoms with van der Waals surface area (Å²) in [5, 5.41) is 0. The molecule has 0 aliphatic carbocycles. The maximum atomic E-state index is 4.92. The molecule has 0 saturated carbocycles. The van der Waals surface area contributed by atoms with E-state index < -0.39 is 0 Å². The first kappa shape index (κ1) is 9.85. The van der Waals surface area contributed by atoms with Crippen LogP contribution in [0, 0.1) is 0 Å². The lowest BCUT2D eigenvalue weighted by molar-refractivity contribution is 0.441. The van der Waals surface area contributed by atoms with Crippen LogP contribution in [0.3, 0.4) is 0 Å². The van der Waals surface area contributed by atoms with Crippen molar-refractivity contribution in [2.45, 2.75) is 26.3 Å². The van der Waals surface area contributed by atoms with Gasteiger partial charge in [-0.15, -0.1) is 0 Å². The third-order valence-corrected chi connectivity index (χ3v) is 1.97. The quantitative estimate of drug-likeness (QED) is 0.337. The molecular weight excluding hydrogens is 142 g/mol. The van der Waals surface area contributed by atoms with Gasteiger partial charge in [0.05, 0.1) is 0 Å². The summed E-state index contributed by atoms with van der Waals surface area (Å²) in [7, 11) is 2.34. The second-order valence-corrected chi connectivity index (χ2v) is 3.27. The molecule has 0 bridgehead atoms. The predicted molar refractivity (Wildman–Crippen MR) is 45.8 cm³/mol. The molecule has 0 aliphatic heterocycles. The zero-order chi connectivity index (χ0) is 7.82. The summed E-state index contributed by atoms with van der Waals surface area (Å²) in [5.74, 6) is 0. The van der Waals surface area contributed by atoms with E-state index in [1.807, 2.05) is 0 Å². The number of nitrogens with zero attached hydrogens (tertiary/aromatic N) is 1. The highest BCUT2D eigenvalue weighted by Gasteiger charge is 1.87. The minimum atomic E-state index is 0.609. The van der Waals surface area contributed by atoms with Gasteiger partial charge < -0.3 is 4.43 Å². The largest absolute Gasteiger partial charge is 0.421 e. The fourth-order valence-corrected chi connectivity index (χ4v) is 0.913. The minimum Gasteiger partial charge on any atom is -0.421 e. The van der Waals surface area contributed by atoms with E-state index in [1.165, 1.54) is 5.71 Å². The van der Waals surface area contributed by atoms with Crippen LogP contribution in [0.5, 0.6) is 0 Å². The SMILES string of the molecule is CCC(C)=NCC[Si]OC. The molecule has 2 nitrogen and oxygen atoms in total. The number of hydrogen-bond donors (Lipinski definition) is 0. The smallest absolute Gasteiger partial charge is 0.230 e. The first-order valence-electron chi connectivity index (χ1n) is 3.57. The van der Waals surface area contributed by atoms with E-state index in [4.69, 9.17) is 4.43 Å². The van der Waals surface area contributed by atoms with Crippen LogP contribution in [-0.2, 0) is 4.43 Å². The van der Waals surface area contributed by atoms with Crippen molar-refractivity contribution in [3.8, 4) is 0 Å². The van der Waals surface area contributed by atoms with Crippen LogP contribution in [0.4, 0.5) is 0 Å². The third kappa shape index (κ3) is 5.97. The van der Waals surface area contributed by atoms with Crippen LogP contribution in [0.1, 0.15) is 20.3 Å². The second kappa shape index (κ2) is 6.96. The summed E-state index contributed by atoms with van der Waals surface area (Å²) in [5.41, 5.74) is 1.24. The molecule has 10 heavy (non-hydrogen) atoms. The molecule has 58 valence electrons. The van der Waals surface area contributed by atoms with Crippen molar-refractivity contribution < 1.29 is 4.43 Å². The summed E-state index contributed by atoms with van der Waals surface area (Å²) in [6.45, 7) is 5.11. The number of aliphatic imine (C=N–C) groups is 1. The van der Waals surface area contributed by atoms with Gasteiger partial charge in [-0.1, -0.05) is 6.92 Å². The Morgan fingerprint density at radius 1 is 1.60 bits per heavy atom. The molecule has 0 fully saturated rings. The molecule has 0 amide bonds. The normalized spacial score (nSPS) is 12.1. The molecule has 0 spiro atoms. The topological polar surface area (TPSA) is 21.6 Å². The Bertz CT molecular complexity index is 104. The van der Waals surface area contributed by atoms with E-state index in [-0.39, 0.29) is 0 Å². The molecule has 0 atom stereocenters. The van der Waals surface area contributed by atoms with Crippen molar-refractivity contribution in [3.05, 3.63) is 0 Å².